The fourth-order valence-electron chi connectivity index (χ4n) is 4.12. The van der Waals surface area contributed by atoms with Crippen molar-refractivity contribution in [1.29, 1.82) is 5.26 Å². The lowest BCUT2D eigenvalue weighted by Gasteiger charge is -2.40. The van der Waals surface area contributed by atoms with Gasteiger partial charge in [-0.2, -0.15) is 5.26 Å². The zero-order chi connectivity index (χ0) is 19.8. The van der Waals surface area contributed by atoms with E-state index in [1.165, 1.54) is 5.56 Å². The van der Waals surface area contributed by atoms with Crippen LogP contribution in [0.15, 0.2) is 24.3 Å². The maximum absolute atomic E-state index is 10.0. The molecule has 144 valence electrons. The minimum absolute atomic E-state index is 0.457. The van der Waals surface area contributed by atoms with Gasteiger partial charge in [0.1, 0.15) is 6.04 Å². The number of nitrogens with zero attached hydrogens (tertiary/aromatic N) is 2. The summed E-state index contributed by atoms with van der Waals surface area (Å²) in [7, 11) is 6.48. The lowest BCUT2D eigenvalue weighted by Crippen LogP contribution is -2.35. The Morgan fingerprint density at radius 2 is 1.68 bits per heavy atom. The molecule has 0 N–H and O–H groups in total. The molecule has 0 fully saturated rings. The highest BCUT2D eigenvalue weighted by Gasteiger charge is 2.36. The predicted octanol–water partition coefficient (Wildman–Crippen LogP) is 3.66. The molecule has 0 aromatic heterocycles. The molecule has 0 amide bonds. The Labute approximate surface area is 164 Å². The van der Waals surface area contributed by atoms with E-state index in [0.717, 1.165) is 41.1 Å². The third kappa shape index (κ3) is 2.55. The SMILES string of the molecule is COc1cc2c(cc1OC)C1=Cc3ccc(OC)c(OC)c3[C@H](C#N)N1CC2. The average molecular weight is 378 g/mol. The maximum atomic E-state index is 10.0. The van der Waals surface area contributed by atoms with Crippen LogP contribution in [0.5, 0.6) is 23.0 Å². The van der Waals surface area contributed by atoms with Gasteiger partial charge in [0.05, 0.1) is 34.5 Å². The molecule has 6 nitrogen and oxygen atoms in total. The van der Waals surface area contributed by atoms with Crippen LogP contribution in [0.4, 0.5) is 0 Å². The molecule has 2 aromatic carbocycles. The van der Waals surface area contributed by atoms with Crippen molar-refractivity contribution in [1.82, 2.24) is 4.90 Å². The summed E-state index contributed by atoms with van der Waals surface area (Å²) in [5.74, 6) is 2.63. The first-order chi connectivity index (χ1) is 13.7. The van der Waals surface area contributed by atoms with E-state index in [1.54, 1.807) is 28.4 Å². The summed E-state index contributed by atoms with van der Waals surface area (Å²) >= 11 is 0. The van der Waals surface area contributed by atoms with Crippen LogP contribution >= 0.6 is 0 Å². The standard InChI is InChI=1S/C22H22N2O4/c1-25-18-6-5-14-9-16-15-11-20(27-3)19(26-2)10-13(15)7-8-24(16)17(12-23)21(14)22(18)28-4/h5-6,9-11,17H,7-8H2,1-4H3/t17-/m0/s1. The molecule has 0 spiro atoms. The van der Waals surface area contributed by atoms with Gasteiger partial charge in [0.2, 0.25) is 0 Å². The summed E-state index contributed by atoms with van der Waals surface area (Å²) in [6.07, 6.45) is 2.92. The number of rotatable bonds is 4. The van der Waals surface area contributed by atoms with Gasteiger partial charge in [-0.15, -0.1) is 0 Å². The van der Waals surface area contributed by atoms with Gasteiger partial charge < -0.3 is 23.8 Å². The van der Waals surface area contributed by atoms with E-state index in [2.05, 4.69) is 17.0 Å². The largest absolute Gasteiger partial charge is 0.493 e. The molecule has 2 aliphatic rings. The summed E-state index contributed by atoms with van der Waals surface area (Å²) in [6.45, 7) is 0.729. The molecule has 0 radical (unpaired) electrons. The van der Waals surface area contributed by atoms with Gasteiger partial charge in [-0.1, -0.05) is 6.07 Å². The summed E-state index contributed by atoms with van der Waals surface area (Å²) in [4.78, 5) is 2.12. The lowest BCUT2D eigenvalue weighted by molar-refractivity contribution is 0.314. The summed E-state index contributed by atoms with van der Waals surface area (Å²) < 4.78 is 22.0. The molecule has 2 aromatic rings. The highest BCUT2D eigenvalue weighted by Crippen LogP contribution is 2.49. The van der Waals surface area contributed by atoms with Crippen LogP contribution in [0.3, 0.4) is 0 Å². The number of nitriles is 1. The van der Waals surface area contributed by atoms with Gasteiger partial charge in [0.25, 0.3) is 0 Å². The van der Waals surface area contributed by atoms with Gasteiger partial charge in [-0.05, 0) is 41.8 Å². The fourth-order valence-corrected chi connectivity index (χ4v) is 4.12. The van der Waals surface area contributed by atoms with Crippen LogP contribution in [0, 0.1) is 11.3 Å². The van der Waals surface area contributed by atoms with Gasteiger partial charge in [0.15, 0.2) is 23.0 Å². The average Bonchev–Trinajstić information content (AvgIpc) is 2.75. The van der Waals surface area contributed by atoms with Crippen LogP contribution < -0.4 is 18.9 Å². The van der Waals surface area contributed by atoms with E-state index < -0.39 is 6.04 Å². The fraction of sp³-hybridized carbons (Fsp3) is 0.318. The second-order valence-electron chi connectivity index (χ2n) is 6.67. The van der Waals surface area contributed by atoms with Crippen molar-refractivity contribution >= 4 is 11.8 Å². The number of hydrogen-bond acceptors (Lipinski definition) is 6. The summed E-state index contributed by atoms with van der Waals surface area (Å²) in [5.41, 5.74) is 5.05. The van der Waals surface area contributed by atoms with Gasteiger partial charge in [-0.3, -0.25) is 0 Å². The van der Waals surface area contributed by atoms with Crippen molar-refractivity contribution in [3.8, 4) is 29.1 Å². The smallest absolute Gasteiger partial charge is 0.167 e. The Kier molecular flexibility index (Phi) is 4.52. The molecule has 2 aliphatic heterocycles. The molecule has 0 bridgehead atoms. The molecule has 0 unspecified atom stereocenters. The first-order valence-electron chi connectivity index (χ1n) is 9.04. The first kappa shape index (κ1) is 18.1. The van der Waals surface area contributed by atoms with Crippen molar-refractivity contribution < 1.29 is 18.9 Å². The van der Waals surface area contributed by atoms with Crippen LogP contribution in [0.1, 0.15) is 28.3 Å². The van der Waals surface area contributed by atoms with Gasteiger partial charge in [-0.25, -0.2) is 0 Å². The van der Waals surface area contributed by atoms with E-state index in [4.69, 9.17) is 18.9 Å². The van der Waals surface area contributed by atoms with E-state index in [-0.39, 0.29) is 0 Å². The Bertz CT molecular complexity index is 1010. The summed E-state index contributed by atoms with van der Waals surface area (Å²) in [5, 5.41) is 10.0. The molecular formula is C22H22N2O4. The molecule has 28 heavy (non-hydrogen) atoms. The number of benzene rings is 2. The third-order valence-corrected chi connectivity index (χ3v) is 5.43. The maximum Gasteiger partial charge on any atom is 0.167 e. The van der Waals surface area contributed by atoms with Crippen LogP contribution in [0.25, 0.3) is 11.8 Å². The van der Waals surface area contributed by atoms with Crippen LogP contribution in [-0.4, -0.2) is 39.9 Å². The van der Waals surface area contributed by atoms with Crippen LogP contribution in [0.2, 0.25) is 0 Å². The van der Waals surface area contributed by atoms with Gasteiger partial charge in [0, 0.05) is 23.4 Å². The van der Waals surface area contributed by atoms with Crippen molar-refractivity contribution in [3.63, 3.8) is 0 Å². The first-order valence-corrected chi connectivity index (χ1v) is 9.04. The number of hydrogen-bond donors (Lipinski definition) is 0. The third-order valence-electron chi connectivity index (χ3n) is 5.43. The van der Waals surface area contributed by atoms with E-state index in [9.17, 15) is 5.26 Å². The quantitative estimate of drug-likeness (QED) is 0.809. The second-order valence-corrected chi connectivity index (χ2v) is 6.67. The predicted molar refractivity (Wildman–Crippen MR) is 106 cm³/mol. The molecule has 0 aliphatic carbocycles. The molecule has 6 heteroatoms. The highest BCUT2D eigenvalue weighted by atomic mass is 16.5. The van der Waals surface area contributed by atoms with E-state index in [0.29, 0.717) is 17.2 Å². The molecular weight excluding hydrogens is 356 g/mol. The number of ether oxygens (including phenoxy) is 4. The number of methoxy groups -OCH3 is 4. The molecule has 2 heterocycles. The minimum atomic E-state index is -0.457. The van der Waals surface area contributed by atoms with E-state index in [1.807, 2.05) is 24.3 Å². The number of fused-ring (bicyclic) bond motifs is 4. The molecule has 0 saturated heterocycles. The van der Waals surface area contributed by atoms with Crippen molar-refractivity contribution in [2.45, 2.75) is 12.5 Å². The normalized spacial score (nSPS) is 16.8. The molecule has 4 rings (SSSR count). The van der Waals surface area contributed by atoms with Crippen molar-refractivity contribution in [2.75, 3.05) is 35.0 Å². The zero-order valence-corrected chi connectivity index (χ0v) is 16.4. The van der Waals surface area contributed by atoms with Crippen molar-refractivity contribution in [2.24, 2.45) is 0 Å². The highest BCUT2D eigenvalue weighted by molar-refractivity contribution is 5.88. The Morgan fingerprint density at radius 1 is 0.964 bits per heavy atom. The minimum Gasteiger partial charge on any atom is -0.493 e. The lowest BCUT2D eigenvalue weighted by atomic mass is 9.86. The zero-order valence-electron chi connectivity index (χ0n) is 16.4. The van der Waals surface area contributed by atoms with Gasteiger partial charge >= 0.3 is 0 Å². The Balaban J connectivity index is 1.95. The van der Waals surface area contributed by atoms with E-state index >= 15 is 0 Å². The Morgan fingerprint density at radius 3 is 2.32 bits per heavy atom. The van der Waals surface area contributed by atoms with Crippen LogP contribution in [-0.2, 0) is 6.42 Å². The topological polar surface area (TPSA) is 64.0 Å². The summed E-state index contributed by atoms with van der Waals surface area (Å²) in [6, 6.07) is 9.87. The molecule has 0 saturated carbocycles. The monoisotopic (exact) mass is 378 g/mol. The Hall–Kier alpha value is -3.33. The molecule has 1 atom stereocenters. The van der Waals surface area contributed by atoms with Crippen molar-refractivity contribution in [3.05, 3.63) is 46.5 Å². The second kappa shape index (κ2) is 7.01.